The largest absolute Gasteiger partial charge is 0.439 e. The molecule has 26 heavy (non-hydrogen) atoms. The number of halogens is 3. The Kier molecular flexibility index (Phi) is 9.29. The molecule has 0 spiro atoms. The molecule has 1 aliphatic heterocycles. The Bertz CT molecular complexity index is 698. The lowest BCUT2D eigenvalue weighted by Gasteiger charge is -2.22. The first kappa shape index (κ1) is 22.1. The smallest absolute Gasteiger partial charge is 0.250 e. The van der Waals surface area contributed by atoms with E-state index in [9.17, 15) is 9.18 Å². The predicted octanol–water partition coefficient (Wildman–Crippen LogP) is 2.46. The van der Waals surface area contributed by atoms with Gasteiger partial charge in [0, 0.05) is 31.9 Å². The number of ether oxygens (including phenoxy) is 2. The van der Waals surface area contributed by atoms with Crippen LogP contribution in [0.15, 0.2) is 42.6 Å². The maximum atomic E-state index is 12.9. The molecule has 2 N–H and O–H groups in total. The standard InChI is InChI=1S/C17H18FN3O3.2ClH/c18-13-1-3-14(4-2-13)24-16-9-12(5-6-20-16)10-21-17(22)15-11-19-7-8-23-15;;/h1-6,9,15,19H,7-8,10-11H2,(H,21,22);2*1H. The minimum absolute atomic E-state index is 0. The van der Waals surface area contributed by atoms with Crippen molar-refractivity contribution < 1.29 is 18.7 Å². The zero-order valence-corrected chi connectivity index (χ0v) is 15.4. The summed E-state index contributed by atoms with van der Waals surface area (Å²) < 4.78 is 23.9. The zero-order valence-electron chi connectivity index (χ0n) is 13.8. The fourth-order valence-electron chi connectivity index (χ4n) is 2.28. The molecule has 1 aromatic carbocycles. The molecule has 6 nitrogen and oxygen atoms in total. The van der Waals surface area contributed by atoms with Crippen LogP contribution in [0.25, 0.3) is 0 Å². The lowest BCUT2D eigenvalue weighted by molar-refractivity contribution is -0.134. The monoisotopic (exact) mass is 403 g/mol. The number of pyridine rings is 1. The number of rotatable bonds is 5. The van der Waals surface area contributed by atoms with Crippen molar-refractivity contribution in [3.8, 4) is 11.6 Å². The van der Waals surface area contributed by atoms with E-state index in [1.165, 1.54) is 24.3 Å². The molecule has 1 amide bonds. The van der Waals surface area contributed by atoms with E-state index in [0.717, 1.165) is 12.1 Å². The summed E-state index contributed by atoms with van der Waals surface area (Å²) in [4.78, 5) is 16.1. The molecule has 1 unspecified atom stereocenters. The molecule has 3 rings (SSSR count). The van der Waals surface area contributed by atoms with E-state index in [0.29, 0.717) is 31.3 Å². The van der Waals surface area contributed by atoms with Gasteiger partial charge in [-0.25, -0.2) is 9.37 Å². The second-order valence-corrected chi connectivity index (χ2v) is 5.34. The van der Waals surface area contributed by atoms with Gasteiger partial charge in [0.2, 0.25) is 5.88 Å². The van der Waals surface area contributed by atoms with Gasteiger partial charge in [-0.1, -0.05) is 0 Å². The number of benzene rings is 1. The molecule has 1 fully saturated rings. The van der Waals surface area contributed by atoms with Gasteiger partial charge in [0.25, 0.3) is 5.91 Å². The maximum Gasteiger partial charge on any atom is 0.250 e. The highest BCUT2D eigenvalue weighted by Crippen LogP contribution is 2.20. The Balaban J connectivity index is 0.00000169. The molecule has 1 aromatic heterocycles. The fourth-order valence-corrected chi connectivity index (χ4v) is 2.28. The highest BCUT2D eigenvalue weighted by atomic mass is 35.5. The third-order valence-corrected chi connectivity index (χ3v) is 3.52. The minimum atomic E-state index is -0.462. The van der Waals surface area contributed by atoms with E-state index < -0.39 is 6.10 Å². The number of hydrogen-bond acceptors (Lipinski definition) is 5. The molecule has 1 aliphatic rings. The first-order chi connectivity index (χ1) is 11.7. The van der Waals surface area contributed by atoms with Gasteiger partial charge < -0.3 is 20.1 Å². The average Bonchev–Trinajstić information content (AvgIpc) is 2.63. The number of nitrogens with zero attached hydrogens (tertiary/aromatic N) is 1. The van der Waals surface area contributed by atoms with Crippen LogP contribution >= 0.6 is 24.8 Å². The Hall–Kier alpha value is -1.93. The third-order valence-electron chi connectivity index (χ3n) is 3.52. The highest BCUT2D eigenvalue weighted by molar-refractivity contribution is 5.85. The molecule has 0 radical (unpaired) electrons. The summed E-state index contributed by atoms with van der Waals surface area (Å²) in [5, 5.41) is 5.94. The number of carbonyl (C=O) groups is 1. The predicted molar refractivity (Wildman–Crippen MR) is 99.7 cm³/mol. The van der Waals surface area contributed by atoms with Gasteiger partial charge in [-0.2, -0.15) is 0 Å². The van der Waals surface area contributed by atoms with Crippen molar-refractivity contribution in [1.82, 2.24) is 15.6 Å². The fraction of sp³-hybridized carbons (Fsp3) is 0.294. The highest BCUT2D eigenvalue weighted by Gasteiger charge is 2.21. The summed E-state index contributed by atoms with van der Waals surface area (Å²) in [6.07, 6.45) is 1.13. The summed E-state index contributed by atoms with van der Waals surface area (Å²) >= 11 is 0. The van der Waals surface area contributed by atoms with Crippen LogP contribution in [0, 0.1) is 5.82 Å². The van der Waals surface area contributed by atoms with Gasteiger partial charge in [0.05, 0.1) is 6.61 Å². The lowest BCUT2D eigenvalue weighted by atomic mass is 10.2. The van der Waals surface area contributed by atoms with Crippen molar-refractivity contribution in [3.05, 3.63) is 54.0 Å². The third kappa shape index (κ3) is 6.42. The Morgan fingerprint density at radius 2 is 2.08 bits per heavy atom. The topological polar surface area (TPSA) is 72.5 Å². The van der Waals surface area contributed by atoms with Gasteiger partial charge in [-0.05, 0) is 35.9 Å². The van der Waals surface area contributed by atoms with Crippen molar-refractivity contribution in [3.63, 3.8) is 0 Å². The summed E-state index contributed by atoms with van der Waals surface area (Å²) in [7, 11) is 0. The van der Waals surface area contributed by atoms with Gasteiger partial charge >= 0.3 is 0 Å². The number of hydrogen-bond donors (Lipinski definition) is 2. The summed E-state index contributed by atoms with van der Waals surface area (Å²) in [5.74, 6) is 0.391. The van der Waals surface area contributed by atoms with Crippen molar-refractivity contribution >= 4 is 30.7 Å². The summed E-state index contributed by atoms with van der Waals surface area (Å²) in [6, 6.07) is 9.20. The second kappa shape index (κ2) is 10.9. The quantitative estimate of drug-likeness (QED) is 0.801. The average molecular weight is 404 g/mol. The molecule has 9 heteroatoms. The Labute approximate surface area is 163 Å². The van der Waals surface area contributed by atoms with Gasteiger partial charge in [0.1, 0.15) is 17.7 Å². The van der Waals surface area contributed by atoms with E-state index >= 15 is 0 Å². The molecule has 2 heterocycles. The number of nitrogens with one attached hydrogen (secondary N) is 2. The molecule has 0 saturated carbocycles. The molecule has 2 aromatic rings. The molecule has 1 atom stereocenters. The minimum Gasteiger partial charge on any atom is -0.439 e. The normalized spacial score (nSPS) is 16.0. The number of carbonyl (C=O) groups excluding carboxylic acids is 1. The van der Waals surface area contributed by atoms with Crippen molar-refractivity contribution in [2.75, 3.05) is 19.7 Å². The van der Waals surface area contributed by atoms with Gasteiger partial charge in [-0.15, -0.1) is 24.8 Å². The van der Waals surface area contributed by atoms with Crippen LogP contribution < -0.4 is 15.4 Å². The Morgan fingerprint density at radius 3 is 2.77 bits per heavy atom. The van der Waals surface area contributed by atoms with Crippen LogP contribution in [0.2, 0.25) is 0 Å². The molecule has 0 aliphatic carbocycles. The van der Waals surface area contributed by atoms with E-state index in [2.05, 4.69) is 15.6 Å². The van der Waals surface area contributed by atoms with Crippen molar-refractivity contribution in [2.24, 2.45) is 0 Å². The number of morpholine rings is 1. The number of aromatic nitrogens is 1. The summed E-state index contributed by atoms with van der Waals surface area (Å²) in [6.45, 7) is 2.16. The van der Waals surface area contributed by atoms with Crippen LogP contribution in [0.4, 0.5) is 4.39 Å². The second-order valence-electron chi connectivity index (χ2n) is 5.34. The van der Waals surface area contributed by atoms with E-state index in [1.54, 1.807) is 18.3 Å². The van der Waals surface area contributed by atoms with Gasteiger partial charge in [-0.3, -0.25) is 4.79 Å². The lowest BCUT2D eigenvalue weighted by Crippen LogP contribution is -2.47. The molecule has 1 saturated heterocycles. The maximum absolute atomic E-state index is 12.9. The summed E-state index contributed by atoms with van der Waals surface area (Å²) in [5.41, 5.74) is 0.847. The Morgan fingerprint density at radius 1 is 1.31 bits per heavy atom. The molecule has 142 valence electrons. The van der Waals surface area contributed by atoms with E-state index in [4.69, 9.17) is 9.47 Å². The van der Waals surface area contributed by atoms with E-state index in [-0.39, 0.29) is 36.5 Å². The zero-order chi connectivity index (χ0) is 16.8. The molecular formula is C17H20Cl2FN3O3. The van der Waals surface area contributed by atoms with Gasteiger partial charge in [0.15, 0.2) is 0 Å². The van der Waals surface area contributed by atoms with Crippen LogP contribution in [0.1, 0.15) is 5.56 Å². The van der Waals surface area contributed by atoms with Crippen LogP contribution in [0.3, 0.4) is 0 Å². The van der Waals surface area contributed by atoms with E-state index in [1.807, 2.05) is 0 Å². The molecule has 0 bridgehead atoms. The first-order valence-corrected chi connectivity index (χ1v) is 7.69. The van der Waals surface area contributed by atoms with Crippen LogP contribution in [-0.4, -0.2) is 36.7 Å². The van der Waals surface area contributed by atoms with Crippen LogP contribution in [0.5, 0.6) is 11.6 Å². The molecular weight excluding hydrogens is 384 g/mol. The van der Waals surface area contributed by atoms with Crippen molar-refractivity contribution in [1.29, 1.82) is 0 Å². The SMILES string of the molecule is Cl.Cl.O=C(NCc1ccnc(Oc2ccc(F)cc2)c1)C1CNCCO1. The number of amides is 1. The van der Waals surface area contributed by atoms with Crippen LogP contribution in [-0.2, 0) is 16.1 Å². The first-order valence-electron chi connectivity index (χ1n) is 7.69. The van der Waals surface area contributed by atoms with Crippen molar-refractivity contribution in [2.45, 2.75) is 12.6 Å².